The van der Waals surface area contributed by atoms with Crippen molar-refractivity contribution in [2.75, 3.05) is 0 Å². The number of hydrogen-bond donors (Lipinski definition) is 0. The first-order valence-corrected chi connectivity index (χ1v) is 18.6. The SMILES string of the molecule is C[Si](=O)[Si](=O)[SiH](C)[Si](=O)[SiH](C)C. The standard InChI is InChI=1S/C4H14O3Si5/c1-8(2)11(6)10(4)12(7)9(3)5/h8,10H,1-4H3. The van der Waals surface area contributed by atoms with Crippen LogP contribution in [0.5, 0.6) is 0 Å². The molecular weight excluding hydrogens is 236 g/mol. The van der Waals surface area contributed by atoms with Crippen LogP contribution in [0, 0.1) is 0 Å². The van der Waals surface area contributed by atoms with E-state index in [4.69, 9.17) is 0 Å². The van der Waals surface area contributed by atoms with Crippen LogP contribution in [-0.2, 0) is 13.4 Å². The van der Waals surface area contributed by atoms with Crippen LogP contribution in [0.15, 0.2) is 0 Å². The van der Waals surface area contributed by atoms with Gasteiger partial charge < -0.3 is 13.4 Å². The van der Waals surface area contributed by atoms with Gasteiger partial charge in [0.1, 0.15) is 0 Å². The Bertz CT molecular complexity index is 225. The van der Waals surface area contributed by atoms with Crippen LogP contribution in [0.2, 0.25) is 26.2 Å². The second-order valence-corrected chi connectivity index (χ2v) is 32.3. The Morgan fingerprint density at radius 2 is 1.42 bits per heavy atom. The van der Waals surface area contributed by atoms with Crippen molar-refractivity contribution in [2.45, 2.75) is 26.2 Å². The Balaban J connectivity index is 4.40. The van der Waals surface area contributed by atoms with Crippen LogP contribution in [-0.4, -0.2) is 39.8 Å². The van der Waals surface area contributed by atoms with E-state index in [2.05, 4.69) is 0 Å². The van der Waals surface area contributed by atoms with Gasteiger partial charge in [-0.3, -0.25) is 0 Å². The second-order valence-electron chi connectivity index (χ2n) is 3.20. The highest BCUT2D eigenvalue weighted by Crippen LogP contribution is 1.90. The Morgan fingerprint density at radius 1 is 1.00 bits per heavy atom. The quantitative estimate of drug-likeness (QED) is 0.635. The van der Waals surface area contributed by atoms with E-state index in [0.717, 1.165) is 0 Å². The van der Waals surface area contributed by atoms with E-state index in [0.29, 0.717) is 0 Å². The zero-order chi connectivity index (χ0) is 9.89. The summed E-state index contributed by atoms with van der Waals surface area (Å²) in [6.45, 7) is 7.44. The third kappa shape index (κ3) is 3.47. The van der Waals surface area contributed by atoms with Crippen LogP contribution >= 0.6 is 0 Å². The summed E-state index contributed by atoms with van der Waals surface area (Å²) >= 11 is 0. The van der Waals surface area contributed by atoms with Crippen LogP contribution in [0.1, 0.15) is 0 Å². The Hall–Kier alpha value is 0.484. The fourth-order valence-corrected chi connectivity index (χ4v) is 52.1. The van der Waals surface area contributed by atoms with Gasteiger partial charge in [-0.25, -0.2) is 0 Å². The molecular formula is C4H14O3Si5. The van der Waals surface area contributed by atoms with Gasteiger partial charge in [0.25, 0.3) is 0 Å². The van der Waals surface area contributed by atoms with Crippen molar-refractivity contribution in [2.24, 2.45) is 0 Å². The van der Waals surface area contributed by atoms with Gasteiger partial charge in [0.05, 0.1) is 8.31 Å². The molecule has 0 saturated heterocycles. The van der Waals surface area contributed by atoms with Gasteiger partial charge in [0.15, 0.2) is 7.83 Å². The van der Waals surface area contributed by atoms with Crippen LogP contribution < -0.4 is 0 Å². The summed E-state index contributed by atoms with van der Waals surface area (Å²) in [5.74, 6) is 0. The first kappa shape index (κ1) is 12.5. The van der Waals surface area contributed by atoms with Gasteiger partial charge in [0, 0.05) is 0 Å². The molecule has 1 unspecified atom stereocenters. The third-order valence-electron chi connectivity index (χ3n) is 1.74. The first-order chi connectivity index (χ1) is 5.37. The van der Waals surface area contributed by atoms with Gasteiger partial charge in [-0.15, -0.1) is 0 Å². The lowest BCUT2D eigenvalue weighted by atomic mass is 11.9. The molecule has 0 saturated carbocycles. The third-order valence-corrected chi connectivity index (χ3v) is 44.2. The van der Waals surface area contributed by atoms with Gasteiger partial charge in [-0.2, -0.15) is 0 Å². The lowest BCUT2D eigenvalue weighted by molar-refractivity contribution is 0.555. The maximum absolute atomic E-state index is 11.6. The molecule has 0 fully saturated rings. The molecule has 0 aliphatic carbocycles. The largest absolute Gasteiger partial charge is 0.398 e. The Kier molecular flexibility index (Phi) is 5.48. The lowest BCUT2D eigenvalue weighted by Gasteiger charge is -2.03. The predicted molar refractivity (Wildman–Crippen MR) is 57.1 cm³/mol. The zero-order valence-electron chi connectivity index (χ0n) is 7.88. The van der Waals surface area contributed by atoms with E-state index in [1.807, 2.05) is 19.6 Å². The van der Waals surface area contributed by atoms with Crippen molar-refractivity contribution in [3.63, 3.8) is 0 Å². The first-order valence-electron chi connectivity index (χ1n) is 3.96. The summed E-state index contributed by atoms with van der Waals surface area (Å²) in [4.78, 5) is 0. The average molecular weight is 251 g/mol. The van der Waals surface area contributed by atoms with Crippen molar-refractivity contribution < 1.29 is 13.4 Å². The van der Waals surface area contributed by atoms with Crippen molar-refractivity contribution >= 4 is 39.8 Å². The second kappa shape index (κ2) is 5.27. The molecule has 3 nitrogen and oxygen atoms in total. The highest BCUT2D eigenvalue weighted by atomic mass is 29.9. The molecule has 0 amide bonds. The van der Waals surface area contributed by atoms with Crippen LogP contribution in [0.25, 0.3) is 0 Å². The molecule has 68 valence electrons. The van der Waals surface area contributed by atoms with Crippen LogP contribution in [0.4, 0.5) is 0 Å². The Labute approximate surface area is 79.6 Å². The topological polar surface area (TPSA) is 51.2 Å². The summed E-state index contributed by atoms with van der Waals surface area (Å²) in [6.07, 6.45) is 0. The minimum atomic E-state index is -1.93. The van der Waals surface area contributed by atoms with E-state index in [-0.39, 0.29) is 0 Å². The average Bonchev–Trinajstić information content (AvgIpc) is 2.00. The molecule has 0 heterocycles. The molecule has 0 bridgehead atoms. The maximum atomic E-state index is 11.6. The maximum Gasteiger partial charge on any atom is 0.318 e. The monoisotopic (exact) mass is 250 g/mol. The number of hydrogen-bond acceptors (Lipinski definition) is 3. The fourth-order valence-electron chi connectivity index (χ4n) is 0.934. The highest BCUT2D eigenvalue weighted by Gasteiger charge is 2.32. The smallest absolute Gasteiger partial charge is 0.318 e. The van der Waals surface area contributed by atoms with Gasteiger partial charge in [-0.05, 0) is 6.55 Å². The van der Waals surface area contributed by atoms with Crippen LogP contribution in [0.3, 0.4) is 0 Å². The van der Waals surface area contributed by atoms with E-state index >= 15 is 0 Å². The summed E-state index contributed by atoms with van der Waals surface area (Å²) in [5, 5.41) is 0. The molecule has 0 aliphatic rings. The Morgan fingerprint density at radius 3 is 1.67 bits per heavy atom. The molecule has 0 N–H and O–H groups in total. The molecule has 12 heavy (non-hydrogen) atoms. The molecule has 0 aromatic rings. The molecule has 0 radical (unpaired) electrons. The predicted octanol–water partition coefficient (Wildman–Crippen LogP) is -0.461. The summed E-state index contributed by atoms with van der Waals surface area (Å²) < 4.78 is 34.0. The van der Waals surface area contributed by atoms with Crippen molar-refractivity contribution in [3.8, 4) is 0 Å². The highest BCUT2D eigenvalue weighted by molar-refractivity contribution is 7.65. The molecule has 0 aromatic carbocycles. The summed E-state index contributed by atoms with van der Waals surface area (Å²) in [7, 11) is -8.08. The van der Waals surface area contributed by atoms with E-state index in [1.54, 1.807) is 0 Å². The molecule has 0 aliphatic heterocycles. The number of rotatable bonds is 4. The van der Waals surface area contributed by atoms with E-state index < -0.39 is 39.8 Å². The lowest BCUT2D eigenvalue weighted by Crippen LogP contribution is -2.47. The minimum Gasteiger partial charge on any atom is -0.398 e. The van der Waals surface area contributed by atoms with Gasteiger partial charge in [-0.1, -0.05) is 19.6 Å². The zero-order valence-corrected chi connectivity index (χ0v) is 13.2. The van der Waals surface area contributed by atoms with Gasteiger partial charge in [0.2, 0.25) is 7.72 Å². The normalized spacial score (nSPS) is 12.8. The molecule has 8 heteroatoms. The summed E-state index contributed by atoms with van der Waals surface area (Å²) in [5.41, 5.74) is 0. The molecule has 0 rings (SSSR count). The summed E-state index contributed by atoms with van der Waals surface area (Å²) in [6, 6.07) is 0. The molecule has 1 atom stereocenters. The van der Waals surface area contributed by atoms with Gasteiger partial charge >= 0.3 is 15.9 Å². The van der Waals surface area contributed by atoms with Crippen molar-refractivity contribution in [1.82, 2.24) is 0 Å². The van der Waals surface area contributed by atoms with Crippen molar-refractivity contribution in [1.29, 1.82) is 0 Å². The molecule has 0 aromatic heterocycles. The molecule has 0 spiro atoms. The van der Waals surface area contributed by atoms with E-state index in [9.17, 15) is 13.4 Å². The van der Waals surface area contributed by atoms with Crippen molar-refractivity contribution in [3.05, 3.63) is 0 Å². The minimum absolute atomic E-state index is 1.11. The fraction of sp³-hybridized carbons (Fsp3) is 1.00. The van der Waals surface area contributed by atoms with E-state index in [1.165, 1.54) is 6.55 Å².